The van der Waals surface area contributed by atoms with Gasteiger partial charge in [-0.2, -0.15) is 18.4 Å². The zero-order chi connectivity index (χ0) is 23.5. The van der Waals surface area contributed by atoms with Crippen LogP contribution in [0.5, 0.6) is 5.75 Å². The molecule has 32 heavy (non-hydrogen) atoms. The molecule has 1 aliphatic rings. The number of para-hydroxylation sites is 1. The summed E-state index contributed by atoms with van der Waals surface area (Å²) in [5, 5.41) is 21.1. The van der Waals surface area contributed by atoms with E-state index >= 15 is 0 Å². The van der Waals surface area contributed by atoms with Gasteiger partial charge in [-0.1, -0.05) is 45.0 Å². The van der Waals surface area contributed by atoms with Crippen LogP contribution in [0.4, 0.5) is 13.2 Å². The van der Waals surface area contributed by atoms with E-state index in [9.17, 15) is 23.5 Å². The zero-order valence-corrected chi connectivity index (χ0v) is 18.4. The first kappa shape index (κ1) is 22.2. The van der Waals surface area contributed by atoms with Gasteiger partial charge in [-0.15, -0.1) is 0 Å². The van der Waals surface area contributed by atoms with Crippen molar-refractivity contribution in [2.45, 2.75) is 63.3 Å². The zero-order valence-electron chi connectivity index (χ0n) is 18.4. The Morgan fingerprint density at radius 3 is 2.44 bits per heavy atom. The van der Waals surface area contributed by atoms with E-state index in [2.05, 4.69) is 4.98 Å². The van der Waals surface area contributed by atoms with Crippen LogP contribution in [0.25, 0.3) is 10.9 Å². The standard InChI is InChI=1S/C25H25F3N2O2/c1-22(2,3)15-9-10-21-18(11-15)23(4,32-21)14-24(31,25(26,27)28)12-20-17(13-29)16-7-5-6-8-19(16)30-20/h5-11,30-31H,12,14H2,1-4H3. The summed E-state index contributed by atoms with van der Waals surface area (Å²) in [6, 6.07) is 14.3. The highest BCUT2D eigenvalue weighted by Crippen LogP contribution is 2.52. The van der Waals surface area contributed by atoms with Gasteiger partial charge in [-0.05, 0) is 36.1 Å². The van der Waals surface area contributed by atoms with Crippen molar-refractivity contribution in [1.29, 1.82) is 5.26 Å². The van der Waals surface area contributed by atoms with Crippen molar-refractivity contribution in [1.82, 2.24) is 4.98 Å². The lowest BCUT2D eigenvalue weighted by atomic mass is 9.75. The maximum Gasteiger partial charge on any atom is 0.417 e. The predicted octanol–water partition coefficient (Wildman–Crippen LogP) is 5.87. The Labute approximate surface area is 184 Å². The molecule has 0 aliphatic carbocycles. The number of hydrogen-bond acceptors (Lipinski definition) is 3. The van der Waals surface area contributed by atoms with Crippen LogP contribution < -0.4 is 4.74 Å². The minimum absolute atomic E-state index is 0.0557. The van der Waals surface area contributed by atoms with Crippen LogP contribution in [0.1, 0.15) is 56.5 Å². The molecule has 2 aromatic carbocycles. The second-order valence-corrected chi connectivity index (χ2v) is 9.81. The molecule has 0 fully saturated rings. The van der Waals surface area contributed by atoms with E-state index in [1.165, 1.54) is 0 Å². The maximum atomic E-state index is 14.2. The summed E-state index contributed by atoms with van der Waals surface area (Å²) in [6.07, 6.45) is -6.40. The molecule has 4 nitrogen and oxygen atoms in total. The molecule has 2 atom stereocenters. The summed E-state index contributed by atoms with van der Waals surface area (Å²) in [5.74, 6) is 0.522. The average molecular weight is 442 g/mol. The molecule has 1 aliphatic heterocycles. The summed E-state index contributed by atoms with van der Waals surface area (Å²) in [6.45, 7) is 7.64. The van der Waals surface area contributed by atoms with E-state index in [0.29, 0.717) is 22.2 Å². The van der Waals surface area contributed by atoms with E-state index in [1.807, 2.05) is 39.0 Å². The number of fused-ring (bicyclic) bond motifs is 2. The smallest absolute Gasteiger partial charge is 0.417 e. The normalized spacial score (nSPS) is 20.1. The Kier molecular flexibility index (Phi) is 4.87. The molecule has 0 saturated heterocycles. The quantitative estimate of drug-likeness (QED) is 0.531. The van der Waals surface area contributed by atoms with Crippen LogP contribution in [0, 0.1) is 11.3 Å². The number of benzene rings is 2. The summed E-state index contributed by atoms with van der Waals surface area (Å²) < 4.78 is 48.4. The molecule has 4 rings (SSSR count). The summed E-state index contributed by atoms with van der Waals surface area (Å²) in [4.78, 5) is 2.89. The van der Waals surface area contributed by atoms with Crippen LogP contribution in [-0.4, -0.2) is 21.9 Å². The number of ether oxygens (including phenoxy) is 1. The number of hydrogen-bond donors (Lipinski definition) is 2. The Hall–Kier alpha value is -2.98. The SMILES string of the molecule is CC(C)(C)c1ccc2c(c1)C(C)(CC(O)(Cc1[nH]c3ccccc3c1C#N)C(F)(F)F)O2. The van der Waals surface area contributed by atoms with Crippen LogP contribution in [0.3, 0.4) is 0 Å². The van der Waals surface area contributed by atoms with Crippen molar-refractivity contribution < 1.29 is 23.0 Å². The fraction of sp³-hybridized carbons (Fsp3) is 0.400. The first-order valence-corrected chi connectivity index (χ1v) is 10.4. The third kappa shape index (κ3) is 3.53. The van der Waals surface area contributed by atoms with E-state index in [0.717, 1.165) is 5.56 Å². The number of alkyl halides is 3. The number of H-pyrrole nitrogens is 1. The highest BCUT2D eigenvalue weighted by atomic mass is 19.4. The second-order valence-electron chi connectivity index (χ2n) is 9.81. The summed E-state index contributed by atoms with van der Waals surface area (Å²) >= 11 is 0. The maximum absolute atomic E-state index is 14.2. The lowest BCUT2D eigenvalue weighted by Crippen LogP contribution is -2.55. The van der Waals surface area contributed by atoms with Crippen molar-refractivity contribution in [3.63, 3.8) is 0 Å². The van der Waals surface area contributed by atoms with Crippen molar-refractivity contribution in [2.24, 2.45) is 0 Å². The lowest BCUT2D eigenvalue weighted by molar-refractivity contribution is -0.276. The van der Waals surface area contributed by atoms with Gasteiger partial charge in [0, 0.05) is 35.0 Å². The number of nitrogens with one attached hydrogen (secondary N) is 1. The van der Waals surface area contributed by atoms with Gasteiger partial charge in [-0.3, -0.25) is 0 Å². The van der Waals surface area contributed by atoms with Crippen LogP contribution in [0.2, 0.25) is 0 Å². The summed E-state index contributed by atoms with van der Waals surface area (Å²) in [5.41, 5.74) is -2.25. The minimum Gasteiger partial charge on any atom is -0.482 e. The molecule has 2 heterocycles. The number of nitriles is 1. The summed E-state index contributed by atoms with van der Waals surface area (Å²) in [7, 11) is 0. The number of aliphatic hydroxyl groups is 1. The first-order valence-electron chi connectivity index (χ1n) is 10.4. The highest BCUT2D eigenvalue weighted by molar-refractivity contribution is 5.87. The fourth-order valence-corrected chi connectivity index (χ4v) is 4.45. The molecule has 0 saturated carbocycles. The molecule has 0 spiro atoms. The molecule has 2 N–H and O–H groups in total. The van der Waals surface area contributed by atoms with Gasteiger partial charge in [0.25, 0.3) is 0 Å². The van der Waals surface area contributed by atoms with Gasteiger partial charge in [-0.25, -0.2) is 0 Å². The molecule has 0 amide bonds. The van der Waals surface area contributed by atoms with Crippen molar-refractivity contribution in [3.05, 3.63) is 64.8 Å². The van der Waals surface area contributed by atoms with Gasteiger partial charge in [0.2, 0.25) is 0 Å². The first-order chi connectivity index (χ1) is 14.8. The van der Waals surface area contributed by atoms with Crippen molar-refractivity contribution in [2.75, 3.05) is 0 Å². The van der Waals surface area contributed by atoms with E-state index in [1.54, 1.807) is 37.3 Å². The monoisotopic (exact) mass is 442 g/mol. The van der Waals surface area contributed by atoms with E-state index in [4.69, 9.17) is 4.74 Å². The number of nitrogens with zero attached hydrogens (tertiary/aromatic N) is 1. The van der Waals surface area contributed by atoms with E-state index in [-0.39, 0.29) is 16.7 Å². The van der Waals surface area contributed by atoms with Gasteiger partial charge < -0.3 is 14.8 Å². The van der Waals surface area contributed by atoms with Crippen LogP contribution in [0.15, 0.2) is 42.5 Å². The Morgan fingerprint density at radius 2 is 1.81 bits per heavy atom. The minimum atomic E-state index is -4.93. The largest absolute Gasteiger partial charge is 0.482 e. The van der Waals surface area contributed by atoms with Gasteiger partial charge in [0.15, 0.2) is 5.60 Å². The molecule has 0 radical (unpaired) electrons. The predicted molar refractivity (Wildman–Crippen MR) is 115 cm³/mol. The molecule has 0 bridgehead atoms. The number of aromatic amines is 1. The molecular weight excluding hydrogens is 417 g/mol. The second kappa shape index (κ2) is 7.01. The van der Waals surface area contributed by atoms with Crippen molar-refractivity contribution in [3.8, 4) is 11.8 Å². The fourth-order valence-electron chi connectivity index (χ4n) is 4.45. The molecule has 2 unspecified atom stereocenters. The molecule has 168 valence electrons. The Bertz CT molecular complexity index is 1230. The molecule has 7 heteroatoms. The molecule has 3 aromatic rings. The number of halogens is 3. The van der Waals surface area contributed by atoms with Gasteiger partial charge in [0.1, 0.15) is 17.4 Å². The van der Waals surface area contributed by atoms with Crippen molar-refractivity contribution >= 4 is 10.9 Å². The van der Waals surface area contributed by atoms with Gasteiger partial charge in [0.05, 0.1) is 5.56 Å². The lowest BCUT2D eigenvalue weighted by Gasteiger charge is -2.46. The third-order valence-electron chi connectivity index (χ3n) is 6.27. The van der Waals surface area contributed by atoms with E-state index < -0.39 is 30.2 Å². The average Bonchev–Trinajstić information content (AvgIpc) is 3.02. The molecule has 1 aromatic heterocycles. The number of aromatic nitrogens is 1. The van der Waals surface area contributed by atoms with Gasteiger partial charge >= 0.3 is 6.18 Å². The highest BCUT2D eigenvalue weighted by Gasteiger charge is 2.60. The number of rotatable bonds is 4. The van der Waals surface area contributed by atoms with Crippen LogP contribution in [-0.2, 0) is 17.4 Å². The Balaban J connectivity index is 1.73. The Morgan fingerprint density at radius 1 is 1.12 bits per heavy atom. The third-order valence-corrected chi connectivity index (χ3v) is 6.27. The van der Waals surface area contributed by atoms with Crippen LogP contribution >= 0.6 is 0 Å². The molecular formula is C25H25F3N2O2. The topological polar surface area (TPSA) is 69.0 Å².